The Hall–Kier alpha value is -12.2. The molecular weight excluding hydrogens is 1160 g/mol. The lowest BCUT2D eigenvalue weighted by atomic mass is 9.32. The zero-order chi connectivity index (χ0) is 62.5. The summed E-state index contributed by atoms with van der Waals surface area (Å²) in [6, 6.07) is 130. The van der Waals surface area contributed by atoms with Crippen LogP contribution in [0.2, 0.25) is 0 Å². The molecule has 0 radical (unpaired) electrons. The van der Waals surface area contributed by atoms with Crippen LogP contribution >= 0.6 is 0 Å². The van der Waals surface area contributed by atoms with Crippen molar-refractivity contribution in [2.75, 3.05) is 9.80 Å². The van der Waals surface area contributed by atoms with E-state index in [0.29, 0.717) is 0 Å². The van der Waals surface area contributed by atoms with E-state index in [2.05, 4.69) is 354 Å². The van der Waals surface area contributed by atoms with Crippen molar-refractivity contribution in [2.45, 2.75) is 10.8 Å². The summed E-state index contributed by atoms with van der Waals surface area (Å²) in [5, 5.41) is 2.45. The number of benzene rings is 15. The Labute approximate surface area is 557 Å². The molecule has 2 aliphatic heterocycles. The SMILES string of the molecule is c1ccc(-c2ccc(N3c4ccc(-c5ccccc5)cc4B4c5c3cc(-n3c6ccccc6c6ccccc63)cc5N(c3cccc5c3C3(c6ccccc6-c6ccccc63)c3ccccc3-5)c3ccc5c(c34)C3(c4ccccc4-c4ccccc43)c3ccccc3-5)cc2)cc1. The van der Waals surface area contributed by atoms with E-state index in [1.807, 2.05) is 0 Å². The minimum absolute atomic E-state index is 0.274. The first-order chi connectivity index (χ1) is 47.7. The van der Waals surface area contributed by atoms with Crippen LogP contribution < -0.4 is 26.2 Å². The van der Waals surface area contributed by atoms with E-state index in [9.17, 15) is 0 Å². The van der Waals surface area contributed by atoms with Crippen LogP contribution in [0.4, 0.5) is 34.1 Å². The molecule has 0 bridgehead atoms. The maximum absolute atomic E-state index is 2.78. The van der Waals surface area contributed by atoms with Gasteiger partial charge in [-0.1, -0.05) is 285 Å². The number of para-hydroxylation sites is 2. The second-order valence-electron chi connectivity index (χ2n) is 26.8. The third-order valence-corrected chi connectivity index (χ3v) is 22.6. The molecule has 16 aromatic rings. The van der Waals surface area contributed by atoms with Crippen molar-refractivity contribution in [3.8, 4) is 72.4 Å². The zero-order valence-corrected chi connectivity index (χ0v) is 52.3. The molecule has 0 fully saturated rings. The van der Waals surface area contributed by atoms with Gasteiger partial charge in [-0.15, -0.1) is 0 Å². The summed E-state index contributed by atoms with van der Waals surface area (Å²) in [5.41, 5.74) is 38.4. The fraction of sp³-hybridized carbons (Fsp3) is 0.0217. The predicted molar refractivity (Wildman–Crippen MR) is 398 cm³/mol. The van der Waals surface area contributed by atoms with Gasteiger partial charge in [-0.25, -0.2) is 0 Å². The number of aromatic nitrogens is 1. The van der Waals surface area contributed by atoms with Gasteiger partial charge in [-0.3, -0.25) is 0 Å². The van der Waals surface area contributed by atoms with Crippen LogP contribution in [0.1, 0.15) is 44.5 Å². The highest BCUT2D eigenvalue weighted by Crippen LogP contribution is 2.68. The highest BCUT2D eigenvalue weighted by molar-refractivity contribution is 7.01. The Kier molecular flexibility index (Phi) is 10.5. The predicted octanol–water partition coefficient (Wildman–Crippen LogP) is 20.9. The first kappa shape index (κ1) is 52.3. The van der Waals surface area contributed by atoms with Crippen molar-refractivity contribution in [3.63, 3.8) is 0 Å². The molecule has 2 spiro atoms. The van der Waals surface area contributed by atoms with Crippen molar-refractivity contribution in [1.29, 1.82) is 0 Å². The lowest BCUT2D eigenvalue weighted by Crippen LogP contribution is -2.63. The second kappa shape index (κ2) is 19.2. The van der Waals surface area contributed by atoms with Crippen LogP contribution in [0, 0.1) is 0 Å². The number of anilines is 6. The smallest absolute Gasteiger partial charge is 0.252 e. The summed E-state index contributed by atoms with van der Waals surface area (Å²) >= 11 is 0. The zero-order valence-electron chi connectivity index (χ0n) is 52.3. The van der Waals surface area contributed by atoms with Crippen LogP contribution in [0.25, 0.3) is 94.3 Å². The molecule has 0 saturated carbocycles. The van der Waals surface area contributed by atoms with Gasteiger partial charge in [-0.05, 0) is 177 Å². The monoisotopic (exact) mass is 1210 g/mol. The number of hydrogen-bond acceptors (Lipinski definition) is 2. The Morgan fingerprint density at radius 3 is 1.16 bits per heavy atom. The van der Waals surface area contributed by atoms with E-state index < -0.39 is 10.8 Å². The summed E-state index contributed by atoms with van der Waals surface area (Å²) in [6.45, 7) is -0.274. The van der Waals surface area contributed by atoms with Gasteiger partial charge >= 0.3 is 0 Å². The van der Waals surface area contributed by atoms with E-state index in [1.165, 1.54) is 144 Å². The maximum Gasteiger partial charge on any atom is 0.252 e. The Morgan fingerprint density at radius 1 is 0.229 bits per heavy atom. The fourth-order valence-corrected chi connectivity index (χ4v) is 19.1. The fourth-order valence-electron chi connectivity index (χ4n) is 19.1. The van der Waals surface area contributed by atoms with Gasteiger partial charge in [-0.2, -0.15) is 0 Å². The molecule has 0 unspecified atom stereocenters. The van der Waals surface area contributed by atoms with Crippen LogP contribution in [-0.2, 0) is 10.8 Å². The Balaban J connectivity index is 0.943. The summed E-state index contributed by atoms with van der Waals surface area (Å²) < 4.78 is 2.55. The summed E-state index contributed by atoms with van der Waals surface area (Å²) in [5.74, 6) is 0. The van der Waals surface area contributed by atoms with Crippen molar-refractivity contribution >= 4 is 79.0 Å². The van der Waals surface area contributed by atoms with E-state index in [0.717, 1.165) is 45.2 Å². The highest BCUT2D eigenvalue weighted by Gasteiger charge is 2.58. The third-order valence-electron chi connectivity index (χ3n) is 22.6. The molecule has 96 heavy (non-hydrogen) atoms. The number of fused-ring (bicyclic) bond motifs is 28. The molecule has 6 aliphatic rings. The van der Waals surface area contributed by atoms with Crippen molar-refractivity contribution in [2.24, 2.45) is 0 Å². The van der Waals surface area contributed by atoms with Crippen LogP contribution in [0.5, 0.6) is 0 Å². The van der Waals surface area contributed by atoms with Gasteiger partial charge in [0.2, 0.25) is 0 Å². The molecule has 1 aromatic heterocycles. The lowest BCUT2D eigenvalue weighted by Gasteiger charge is -2.47. The first-order valence-corrected chi connectivity index (χ1v) is 33.7. The molecule has 0 N–H and O–H groups in total. The molecular formula is C92H56BN3. The van der Waals surface area contributed by atoms with Gasteiger partial charge in [0.15, 0.2) is 0 Å². The molecule has 22 rings (SSSR count). The summed E-state index contributed by atoms with van der Waals surface area (Å²) in [7, 11) is 0. The van der Waals surface area contributed by atoms with E-state index in [1.54, 1.807) is 0 Å². The van der Waals surface area contributed by atoms with Crippen LogP contribution in [0.3, 0.4) is 0 Å². The quantitative estimate of drug-likeness (QED) is 0.159. The lowest BCUT2D eigenvalue weighted by molar-refractivity contribution is 0.792. The topological polar surface area (TPSA) is 11.4 Å². The molecule has 0 amide bonds. The number of rotatable bonds is 5. The largest absolute Gasteiger partial charge is 0.311 e. The Bertz CT molecular complexity index is 5880. The number of hydrogen-bond donors (Lipinski definition) is 0. The first-order valence-electron chi connectivity index (χ1n) is 33.7. The minimum Gasteiger partial charge on any atom is -0.311 e. The van der Waals surface area contributed by atoms with E-state index in [4.69, 9.17) is 0 Å². The van der Waals surface area contributed by atoms with Gasteiger partial charge in [0.05, 0.1) is 33.2 Å². The summed E-state index contributed by atoms with van der Waals surface area (Å²) in [6.07, 6.45) is 0. The van der Waals surface area contributed by atoms with Crippen molar-refractivity contribution in [3.05, 3.63) is 384 Å². The van der Waals surface area contributed by atoms with Crippen LogP contribution in [0.15, 0.2) is 340 Å². The standard InChI is InChI=1S/C92H56BN3/c1-3-24-57(25-4-1)59-46-49-61(50-47-59)94-82-52-48-60(58-26-5-2-6-27-58)54-79(82)93-89-85(94)55-62(95-80-43-21-13-34-69(80)70-35-14-22-44-81(70)95)56-86(89)96(83-45-23-36-71-67-32-11-19-41-77(67)91(87(71)83)73-37-15-7-28-63(73)64-29-8-16-38-74(64)91)84-53-51-72-68-33-12-20-42-78(68)92(88(72)90(84)93)75-39-17-9-30-65(75)66-31-10-18-40-76(66)92/h1-56H. The van der Waals surface area contributed by atoms with Gasteiger partial charge in [0.25, 0.3) is 6.71 Å². The van der Waals surface area contributed by atoms with Crippen LogP contribution in [-0.4, -0.2) is 11.3 Å². The molecule has 442 valence electrons. The number of nitrogens with zero attached hydrogens (tertiary/aromatic N) is 3. The molecule has 3 heterocycles. The molecule has 0 atom stereocenters. The van der Waals surface area contributed by atoms with Gasteiger partial charge in [0.1, 0.15) is 0 Å². The molecule has 4 heteroatoms. The molecule has 0 saturated heterocycles. The highest BCUT2D eigenvalue weighted by atomic mass is 15.2. The molecule has 4 aliphatic carbocycles. The molecule has 3 nitrogen and oxygen atoms in total. The average molecular weight is 1210 g/mol. The third kappa shape index (κ3) is 6.53. The minimum atomic E-state index is -0.683. The van der Waals surface area contributed by atoms with Gasteiger partial charge in [0, 0.05) is 44.8 Å². The van der Waals surface area contributed by atoms with Crippen molar-refractivity contribution < 1.29 is 0 Å². The normalized spacial score (nSPS) is 14.4. The van der Waals surface area contributed by atoms with Gasteiger partial charge < -0.3 is 14.4 Å². The average Bonchev–Trinajstić information content (AvgIpc) is 1.36. The van der Waals surface area contributed by atoms with E-state index in [-0.39, 0.29) is 6.71 Å². The summed E-state index contributed by atoms with van der Waals surface area (Å²) in [4.78, 5) is 5.41. The Morgan fingerprint density at radius 2 is 0.625 bits per heavy atom. The molecule has 15 aromatic carbocycles. The van der Waals surface area contributed by atoms with E-state index >= 15 is 0 Å². The second-order valence-corrected chi connectivity index (χ2v) is 26.8. The maximum atomic E-state index is 2.78. The van der Waals surface area contributed by atoms with Crippen molar-refractivity contribution in [1.82, 2.24) is 4.57 Å².